The summed E-state index contributed by atoms with van der Waals surface area (Å²) in [7, 11) is 1.99. The van der Waals surface area contributed by atoms with Crippen molar-refractivity contribution in [1.82, 2.24) is 10.3 Å². The van der Waals surface area contributed by atoms with E-state index in [0.717, 1.165) is 15.2 Å². The molecule has 2 heterocycles. The molecule has 0 aliphatic heterocycles. The van der Waals surface area contributed by atoms with Crippen molar-refractivity contribution in [3.63, 3.8) is 0 Å². The van der Waals surface area contributed by atoms with E-state index >= 15 is 0 Å². The van der Waals surface area contributed by atoms with Crippen LogP contribution in [0.2, 0.25) is 0 Å². The van der Waals surface area contributed by atoms with E-state index in [1.54, 1.807) is 22.7 Å². The molecule has 0 atom stereocenters. The standard InChI is InChI=1S/C12H15BrN2S2/c1-7-10(12(2,3)14-4)17-11(15-7)9-5-8(13)6-16-9/h5-6,14H,1-4H3. The predicted molar refractivity (Wildman–Crippen MR) is 79.9 cm³/mol. The van der Waals surface area contributed by atoms with Crippen molar-refractivity contribution >= 4 is 38.6 Å². The van der Waals surface area contributed by atoms with Crippen LogP contribution in [-0.4, -0.2) is 12.0 Å². The molecule has 0 aromatic carbocycles. The Morgan fingerprint density at radius 2 is 2.12 bits per heavy atom. The lowest BCUT2D eigenvalue weighted by Gasteiger charge is -2.22. The van der Waals surface area contributed by atoms with Gasteiger partial charge >= 0.3 is 0 Å². The third kappa shape index (κ3) is 2.62. The van der Waals surface area contributed by atoms with E-state index in [2.05, 4.69) is 58.4 Å². The minimum Gasteiger partial charge on any atom is -0.310 e. The van der Waals surface area contributed by atoms with Crippen LogP contribution in [0.5, 0.6) is 0 Å². The number of thiophene rings is 1. The van der Waals surface area contributed by atoms with Gasteiger partial charge in [-0.2, -0.15) is 0 Å². The highest BCUT2D eigenvalue weighted by atomic mass is 79.9. The first-order chi connectivity index (χ1) is 7.94. The first-order valence-corrected chi connectivity index (χ1v) is 7.84. The summed E-state index contributed by atoms with van der Waals surface area (Å²) in [6.07, 6.45) is 0. The molecule has 0 fully saturated rings. The molecular weight excluding hydrogens is 316 g/mol. The molecule has 0 aliphatic carbocycles. The molecule has 0 aliphatic rings. The molecule has 92 valence electrons. The van der Waals surface area contributed by atoms with Gasteiger partial charge in [0.05, 0.1) is 10.6 Å². The minimum absolute atomic E-state index is 0.0194. The summed E-state index contributed by atoms with van der Waals surface area (Å²) in [6, 6.07) is 2.12. The molecule has 5 heteroatoms. The Bertz CT molecular complexity index is 528. The molecule has 0 unspecified atom stereocenters. The number of aryl methyl sites for hydroxylation is 1. The second-order valence-corrected chi connectivity index (χ2v) is 7.26. The average Bonchev–Trinajstić information content (AvgIpc) is 2.85. The van der Waals surface area contributed by atoms with Crippen LogP contribution in [0.1, 0.15) is 24.4 Å². The Morgan fingerprint density at radius 3 is 2.65 bits per heavy atom. The van der Waals surface area contributed by atoms with Gasteiger partial charge in [0.1, 0.15) is 5.01 Å². The van der Waals surface area contributed by atoms with Gasteiger partial charge in [0.2, 0.25) is 0 Å². The van der Waals surface area contributed by atoms with Crippen LogP contribution in [0.15, 0.2) is 15.9 Å². The molecular formula is C12H15BrN2S2. The van der Waals surface area contributed by atoms with Gasteiger partial charge in [-0.3, -0.25) is 0 Å². The van der Waals surface area contributed by atoms with E-state index in [9.17, 15) is 0 Å². The summed E-state index contributed by atoms with van der Waals surface area (Å²) in [4.78, 5) is 7.21. The SMILES string of the molecule is CNC(C)(C)c1sc(-c2cc(Br)cs2)nc1C. The smallest absolute Gasteiger partial charge is 0.133 e. The fourth-order valence-corrected chi connectivity index (χ4v) is 4.29. The molecule has 17 heavy (non-hydrogen) atoms. The fraction of sp³-hybridized carbons (Fsp3) is 0.417. The highest BCUT2D eigenvalue weighted by Gasteiger charge is 2.24. The molecule has 0 saturated carbocycles. The number of hydrogen-bond acceptors (Lipinski definition) is 4. The third-order valence-corrected chi connectivity index (χ3v) is 6.11. The number of thiazole rings is 1. The normalized spacial score (nSPS) is 12.1. The second-order valence-electron chi connectivity index (χ2n) is 4.44. The van der Waals surface area contributed by atoms with Crippen LogP contribution in [0, 0.1) is 6.92 Å². The van der Waals surface area contributed by atoms with E-state index in [1.807, 2.05) is 7.05 Å². The van der Waals surface area contributed by atoms with Gasteiger partial charge < -0.3 is 5.32 Å². The Balaban J connectivity index is 2.44. The lowest BCUT2D eigenvalue weighted by molar-refractivity contribution is 0.450. The molecule has 0 saturated heterocycles. The van der Waals surface area contributed by atoms with Crippen molar-refractivity contribution in [2.75, 3.05) is 7.05 Å². The monoisotopic (exact) mass is 330 g/mol. The van der Waals surface area contributed by atoms with Crippen molar-refractivity contribution in [3.05, 3.63) is 26.5 Å². The maximum absolute atomic E-state index is 4.68. The van der Waals surface area contributed by atoms with Crippen LogP contribution in [0.4, 0.5) is 0 Å². The van der Waals surface area contributed by atoms with Gasteiger partial charge in [-0.05, 0) is 49.8 Å². The van der Waals surface area contributed by atoms with Gasteiger partial charge in [0.15, 0.2) is 0 Å². The third-order valence-electron chi connectivity index (χ3n) is 2.77. The first-order valence-electron chi connectivity index (χ1n) is 5.35. The van der Waals surface area contributed by atoms with Crippen LogP contribution < -0.4 is 5.32 Å². The van der Waals surface area contributed by atoms with Crippen LogP contribution in [0.25, 0.3) is 9.88 Å². The van der Waals surface area contributed by atoms with Crippen molar-refractivity contribution in [2.45, 2.75) is 26.3 Å². The zero-order valence-corrected chi connectivity index (χ0v) is 13.5. The summed E-state index contributed by atoms with van der Waals surface area (Å²) >= 11 is 6.98. The van der Waals surface area contributed by atoms with E-state index in [0.29, 0.717) is 0 Å². The van der Waals surface area contributed by atoms with Crippen molar-refractivity contribution in [2.24, 2.45) is 0 Å². The van der Waals surface area contributed by atoms with Crippen LogP contribution in [-0.2, 0) is 5.54 Å². The molecule has 0 amide bonds. The molecule has 2 rings (SSSR count). The molecule has 1 N–H and O–H groups in total. The van der Waals surface area contributed by atoms with E-state index < -0.39 is 0 Å². The van der Waals surface area contributed by atoms with Gasteiger partial charge in [-0.15, -0.1) is 22.7 Å². The minimum atomic E-state index is -0.0194. The zero-order valence-electron chi connectivity index (χ0n) is 10.3. The number of nitrogens with one attached hydrogen (secondary N) is 1. The summed E-state index contributed by atoms with van der Waals surface area (Å²) in [5, 5.41) is 6.53. The fourth-order valence-electron chi connectivity index (χ4n) is 1.62. The van der Waals surface area contributed by atoms with Gasteiger partial charge in [-0.1, -0.05) is 0 Å². The second kappa shape index (κ2) is 4.80. The highest BCUT2D eigenvalue weighted by molar-refractivity contribution is 9.10. The topological polar surface area (TPSA) is 24.9 Å². The Morgan fingerprint density at radius 1 is 1.41 bits per heavy atom. The Labute approximate surface area is 118 Å². The number of halogens is 1. The van der Waals surface area contributed by atoms with Crippen molar-refractivity contribution < 1.29 is 0 Å². The number of aromatic nitrogens is 1. The van der Waals surface area contributed by atoms with Gasteiger partial charge in [0.25, 0.3) is 0 Å². The average molecular weight is 331 g/mol. The largest absolute Gasteiger partial charge is 0.310 e. The molecule has 0 spiro atoms. The number of rotatable bonds is 3. The summed E-state index contributed by atoms with van der Waals surface area (Å²) in [5.41, 5.74) is 1.10. The Kier molecular flexibility index (Phi) is 3.73. The molecule has 0 radical (unpaired) electrons. The lowest BCUT2D eigenvalue weighted by atomic mass is 10.0. The first kappa shape index (κ1) is 13.2. The maximum Gasteiger partial charge on any atom is 0.133 e. The zero-order chi connectivity index (χ0) is 12.6. The van der Waals surface area contributed by atoms with Crippen LogP contribution >= 0.6 is 38.6 Å². The quantitative estimate of drug-likeness (QED) is 0.902. The van der Waals surface area contributed by atoms with Crippen molar-refractivity contribution in [1.29, 1.82) is 0 Å². The summed E-state index contributed by atoms with van der Waals surface area (Å²) < 4.78 is 1.12. The molecule has 2 aromatic heterocycles. The number of hydrogen-bond donors (Lipinski definition) is 1. The molecule has 2 aromatic rings. The Hall–Kier alpha value is -0.230. The highest BCUT2D eigenvalue weighted by Crippen LogP contribution is 2.37. The number of nitrogens with zero attached hydrogens (tertiary/aromatic N) is 1. The van der Waals surface area contributed by atoms with Crippen molar-refractivity contribution in [3.8, 4) is 9.88 Å². The van der Waals surface area contributed by atoms with Gasteiger partial charge in [0, 0.05) is 20.3 Å². The van der Waals surface area contributed by atoms with E-state index in [1.165, 1.54) is 9.75 Å². The lowest BCUT2D eigenvalue weighted by Crippen LogP contribution is -2.32. The van der Waals surface area contributed by atoms with E-state index in [4.69, 9.17) is 0 Å². The van der Waals surface area contributed by atoms with E-state index in [-0.39, 0.29) is 5.54 Å². The van der Waals surface area contributed by atoms with Crippen LogP contribution in [0.3, 0.4) is 0 Å². The maximum atomic E-state index is 4.68. The summed E-state index contributed by atoms with van der Waals surface area (Å²) in [5.74, 6) is 0. The van der Waals surface area contributed by atoms with Gasteiger partial charge in [-0.25, -0.2) is 4.98 Å². The predicted octanol–water partition coefficient (Wildman–Crippen LogP) is 4.40. The molecule has 2 nitrogen and oxygen atoms in total. The molecule has 0 bridgehead atoms. The summed E-state index contributed by atoms with van der Waals surface area (Å²) in [6.45, 7) is 6.44.